The first kappa shape index (κ1) is 14.0. The minimum Gasteiger partial charge on any atom is -0.0776 e. The summed E-state index contributed by atoms with van der Waals surface area (Å²) in [5.74, 6) is 0. The van der Waals surface area contributed by atoms with Crippen LogP contribution in [0.25, 0.3) is 0 Å². The fourth-order valence-electron chi connectivity index (χ4n) is 1.44. The van der Waals surface area contributed by atoms with E-state index in [1.54, 1.807) is 18.5 Å². The molecule has 0 aliphatic heterocycles. The number of rotatable bonds is 6. The SMILES string of the molecule is C.CCC[PH+](CCC)CCC. The smallest absolute Gasteiger partial charge is 0.0569 e. The van der Waals surface area contributed by atoms with Gasteiger partial charge < -0.3 is 0 Å². The monoisotopic (exact) mass is 177 g/mol. The average Bonchev–Trinajstić information content (AvgIpc) is 1.90. The van der Waals surface area contributed by atoms with Crippen LogP contribution in [0.2, 0.25) is 0 Å². The molecule has 0 saturated heterocycles. The van der Waals surface area contributed by atoms with Gasteiger partial charge >= 0.3 is 0 Å². The molecule has 0 fully saturated rings. The molecule has 70 valence electrons. The van der Waals surface area contributed by atoms with E-state index >= 15 is 0 Å². The highest BCUT2D eigenvalue weighted by atomic mass is 31.1. The maximum Gasteiger partial charge on any atom is 0.0569 e. The summed E-state index contributed by atoms with van der Waals surface area (Å²) < 4.78 is 0. The van der Waals surface area contributed by atoms with Crippen molar-refractivity contribution in [1.82, 2.24) is 0 Å². The highest BCUT2D eigenvalue weighted by Crippen LogP contribution is 2.37. The molecule has 0 rings (SSSR count). The van der Waals surface area contributed by atoms with Gasteiger partial charge in [-0.05, 0) is 19.3 Å². The minimum atomic E-state index is 0. The molecule has 0 nitrogen and oxygen atoms in total. The molecule has 1 heteroatoms. The highest BCUT2D eigenvalue weighted by Gasteiger charge is 2.10. The Morgan fingerprint density at radius 1 is 0.727 bits per heavy atom. The molecule has 0 bridgehead atoms. The van der Waals surface area contributed by atoms with Crippen LogP contribution >= 0.6 is 7.92 Å². The third-order valence-electron chi connectivity index (χ3n) is 1.81. The van der Waals surface area contributed by atoms with Crippen molar-refractivity contribution >= 4 is 7.92 Å². The second-order valence-electron chi connectivity index (χ2n) is 3.00. The first-order chi connectivity index (χ1) is 4.85. The van der Waals surface area contributed by atoms with E-state index in [-0.39, 0.29) is 15.3 Å². The summed E-state index contributed by atoms with van der Waals surface area (Å²) in [5.41, 5.74) is 0. The molecular weight excluding hydrogens is 151 g/mol. The van der Waals surface area contributed by atoms with Crippen molar-refractivity contribution in [1.29, 1.82) is 0 Å². The van der Waals surface area contributed by atoms with Crippen molar-refractivity contribution in [2.24, 2.45) is 0 Å². The molecule has 0 spiro atoms. The van der Waals surface area contributed by atoms with Crippen molar-refractivity contribution in [3.05, 3.63) is 0 Å². The van der Waals surface area contributed by atoms with Crippen LogP contribution in [0.15, 0.2) is 0 Å². The van der Waals surface area contributed by atoms with Crippen molar-refractivity contribution < 1.29 is 0 Å². The van der Waals surface area contributed by atoms with Crippen LogP contribution < -0.4 is 0 Å². The largest absolute Gasteiger partial charge is 0.0776 e. The van der Waals surface area contributed by atoms with Gasteiger partial charge in [-0.15, -0.1) is 0 Å². The standard InChI is InChI=1S/C9H21P.CH4/c1-4-7-10(8-5-2)9-6-3;/h4-9H2,1-3H3;1H4/p+1. The Hall–Kier alpha value is 0.430. The first-order valence-electron chi connectivity index (χ1n) is 4.68. The maximum absolute atomic E-state index is 2.32. The van der Waals surface area contributed by atoms with Crippen molar-refractivity contribution in [2.75, 3.05) is 18.5 Å². The van der Waals surface area contributed by atoms with Crippen LogP contribution in [0, 0.1) is 0 Å². The molecule has 0 atom stereocenters. The Labute approximate surface area is 74.5 Å². The minimum absolute atomic E-state index is 0. The van der Waals surface area contributed by atoms with Gasteiger partial charge in [0.25, 0.3) is 0 Å². The Bertz CT molecular complexity index is 47.6. The van der Waals surface area contributed by atoms with E-state index in [0.29, 0.717) is 0 Å². The zero-order valence-corrected chi connectivity index (χ0v) is 8.74. The summed E-state index contributed by atoms with van der Waals surface area (Å²) in [5, 5.41) is 0. The second kappa shape index (κ2) is 10.4. The normalized spacial score (nSPS) is 9.82. The summed E-state index contributed by atoms with van der Waals surface area (Å²) in [6, 6.07) is 0. The molecule has 0 aromatic rings. The van der Waals surface area contributed by atoms with Gasteiger partial charge in [-0.2, -0.15) is 0 Å². The van der Waals surface area contributed by atoms with Crippen LogP contribution in [0.1, 0.15) is 47.5 Å². The molecule has 0 heterocycles. The lowest BCUT2D eigenvalue weighted by Crippen LogP contribution is -1.92. The van der Waals surface area contributed by atoms with E-state index in [0.717, 1.165) is 0 Å². The van der Waals surface area contributed by atoms with E-state index in [4.69, 9.17) is 0 Å². The second-order valence-corrected chi connectivity index (χ2v) is 6.00. The Morgan fingerprint density at radius 2 is 1.00 bits per heavy atom. The molecule has 11 heavy (non-hydrogen) atoms. The van der Waals surface area contributed by atoms with Crippen LogP contribution in [0.3, 0.4) is 0 Å². The van der Waals surface area contributed by atoms with Gasteiger partial charge in [0.2, 0.25) is 0 Å². The quantitative estimate of drug-likeness (QED) is 0.536. The zero-order valence-electron chi connectivity index (χ0n) is 7.74. The van der Waals surface area contributed by atoms with Crippen molar-refractivity contribution in [2.45, 2.75) is 47.5 Å². The molecule has 0 aromatic heterocycles. The third kappa shape index (κ3) is 8.34. The predicted octanol–water partition coefficient (Wildman–Crippen LogP) is 4.07. The number of hydrogen-bond donors (Lipinski definition) is 0. The summed E-state index contributed by atoms with van der Waals surface area (Å²) in [4.78, 5) is 0. The van der Waals surface area contributed by atoms with Crippen LogP contribution in [-0.4, -0.2) is 18.5 Å². The van der Waals surface area contributed by atoms with Crippen molar-refractivity contribution in [3.63, 3.8) is 0 Å². The lowest BCUT2D eigenvalue weighted by molar-refractivity contribution is 1.02. The maximum atomic E-state index is 2.32. The lowest BCUT2D eigenvalue weighted by Gasteiger charge is -2.05. The number of hydrogen-bond acceptors (Lipinski definition) is 0. The molecule has 0 unspecified atom stereocenters. The summed E-state index contributed by atoms with van der Waals surface area (Å²) in [6.45, 7) is 6.95. The van der Waals surface area contributed by atoms with Gasteiger partial charge in [0.05, 0.1) is 18.5 Å². The van der Waals surface area contributed by atoms with Crippen molar-refractivity contribution in [3.8, 4) is 0 Å². The average molecular weight is 177 g/mol. The van der Waals surface area contributed by atoms with Gasteiger partial charge in [0.15, 0.2) is 0 Å². The molecule has 0 aromatic carbocycles. The van der Waals surface area contributed by atoms with Gasteiger partial charge in [0.1, 0.15) is 0 Å². The molecule has 0 amide bonds. The van der Waals surface area contributed by atoms with Gasteiger partial charge in [-0.3, -0.25) is 0 Å². The van der Waals surface area contributed by atoms with Crippen LogP contribution in [0.4, 0.5) is 0 Å². The van der Waals surface area contributed by atoms with E-state index < -0.39 is 0 Å². The van der Waals surface area contributed by atoms with Gasteiger partial charge in [-0.1, -0.05) is 28.2 Å². The Balaban J connectivity index is 0. The fourth-order valence-corrected chi connectivity index (χ4v) is 4.31. The third-order valence-corrected chi connectivity index (χ3v) is 5.43. The summed E-state index contributed by atoms with van der Waals surface area (Å²) >= 11 is 0. The molecule has 0 aliphatic carbocycles. The predicted molar refractivity (Wildman–Crippen MR) is 60.5 cm³/mol. The summed E-state index contributed by atoms with van der Waals surface area (Å²) in [6.07, 6.45) is 8.88. The topological polar surface area (TPSA) is 0 Å². The molecule has 0 N–H and O–H groups in total. The fraction of sp³-hybridized carbons (Fsp3) is 1.00. The molecule has 0 aliphatic rings. The lowest BCUT2D eigenvalue weighted by atomic mass is 10.6. The Kier molecular flexibility index (Phi) is 13.3. The molecule has 0 radical (unpaired) electrons. The van der Waals surface area contributed by atoms with Crippen LogP contribution in [-0.2, 0) is 0 Å². The zero-order chi connectivity index (χ0) is 7.82. The van der Waals surface area contributed by atoms with E-state index in [9.17, 15) is 0 Å². The molecule has 0 saturated carbocycles. The van der Waals surface area contributed by atoms with Gasteiger partial charge in [-0.25, -0.2) is 0 Å². The first-order valence-corrected chi connectivity index (χ1v) is 6.80. The van der Waals surface area contributed by atoms with E-state index in [1.807, 2.05) is 0 Å². The van der Waals surface area contributed by atoms with Crippen LogP contribution in [0.5, 0.6) is 0 Å². The Morgan fingerprint density at radius 3 is 1.18 bits per heavy atom. The molecular formula is C10H26P+. The highest BCUT2D eigenvalue weighted by molar-refractivity contribution is 7.57. The summed E-state index contributed by atoms with van der Waals surface area (Å²) in [7, 11) is 0.103. The van der Waals surface area contributed by atoms with Gasteiger partial charge in [0, 0.05) is 7.92 Å². The van der Waals surface area contributed by atoms with E-state index in [1.165, 1.54) is 19.3 Å². The van der Waals surface area contributed by atoms with E-state index in [2.05, 4.69) is 20.8 Å².